The first kappa shape index (κ1) is 30.7. The Morgan fingerprint density at radius 3 is 1.47 bits per heavy atom. The van der Waals surface area contributed by atoms with Crippen molar-refractivity contribution < 1.29 is 58.9 Å². The monoisotopic (exact) mass is 516 g/mol. The number of allylic oxidation sites excluding steroid dienone is 4. The Balaban J connectivity index is 0.00000240. The molecule has 3 aromatic rings. The van der Waals surface area contributed by atoms with Gasteiger partial charge in [0.2, 0.25) is 0 Å². The summed E-state index contributed by atoms with van der Waals surface area (Å²) in [7, 11) is 0. The van der Waals surface area contributed by atoms with Crippen LogP contribution in [0.2, 0.25) is 0 Å². The largest absolute Gasteiger partial charge is 4.00 e. The standard InChI is InChI=1S/C28H27.3ClH.Ti/c1-2-3-13-23-20-21-27(22-23)28(24-14-7-4-8-15-24,25-16-9-5-10-17-25)26-18-11-6-12-19-26;;;;/h4-12,14-20H,2-3,13,21H2,1H3;3*1H;/q-1;;;;+4/p-3. The van der Waals surface area contributed by atoms with Crippen LogP contribution in [0.3, 0.4) is 0 Å². The molecule has 4 heteroatoms. The molecule has 0 N–H and O–H groups in total. The fourth-order valence-electron chi connectivity index (χ4n) is 4.39. The molecule has 1 aliphatic rings. The minimum atomic E-state index is -0.311. The van der Waals surface area contributed by atoms with Gasteiger partial charge in [-0.25, -0.2) is 17.7 Å². The van der Waals surface area contributed by atoms with Gasteiger partial charge in [0, 0.05) is 5.41 Å². The van der Waals surface area contributed by atoms with E-state index in [0.29, 0.717) is 0 Å². The quantitative estimate of drug-likeness (QED) is 0.199. The number of benzene rings is 3. The van der Waals surface area contributed by atoms with E-state index in [4.69, 9.17) is 0 Å². The first-order valence-electron chi connectivity index (χ1n) is 10.3. The van der Waals surface area contributed by atoms with Crippen LogP contribution in [0.1, 0.15) is 49.3 Å². The molecule has 164 valence electrons. The average Bonchev–Trinajstić information content (AvgIpc) is 3.24. The van der Waals surface area contributed by atoms with Crippen molar-refractivity contribution in [2.24, 2.45) is 0 Å². The molecule has 0 amide bonds. The number of rotatable bonds is 7. The van der Waals surface area contributed by atoms with E-state index in [9.17, 15) is 0 Å². The molecular formula is C28H27Cl3Ti. The Kier molecular flexibility index (Phi) is 14.2. The van der Waals surface area contributed by atoms with Crippen LogP contribution in [0.15, 0.2) is 108 Å². The molecule has 0 bridgehead atoms. The first-order valence-corrected chi connectivity index (χ1v) is 10.3. The molecule has 4 rings (SSSR count). The van der Waals surface area contributed by atoms with Crippen molar-refractivity contribution in [1.82, 2.24) is 0 Å². The van der Waals surface area contributed by atoms with Crippen LogP contribution in [-0.2, 0) is 27.1 Å². The maximum absolute atomic E-state index is 3.84. The third-order valence-corrected chi connectivity index (χ3v) is 5.74. The summed E-state index contributed by atoms with van der Waals surface area (Å²) in [5, 5.41) is 0. The molecule has 0 saturated carbocycles. The second-order valence-corrected chi connectivity index (χ2v) is 7.49. The summed E-state index contributed by atoms with van der Waals surface area (Å²) in [4.78, 5) is 0. The van der Waals surface area contributed by atoms with Gasteiger partial charge in [-0.1, -0.05) is 124 Å². The Morgan fingerprint density at radius 2 is 1.09 bits per heavy atom. The minimum absolute atomic E-state index is 0. The summed E-state index contributed by atoms with van der Waals surface area (Å²) in [6.45, 7) is 2.25. The summed E-state index contributed by atoms with van der Waals surface area (Å²) in [6.07, 6.45) is 10.7. The van der Waals surface area contributed by atoms with Gasteiger partial charge in [-0.15, -0.1) is 0 Å². The van der Waals surface area contributed by atoms with Gasteiger partial charge in [-0.3, -0.25) is 0 Å². The molecule has 0 spiro atoms. The van der Waals surface area contributed by atoms with Gasteiger partial charge < -0.3 is 37.2 Å². The molecule has 0 aromatic heterocycles. The minimum Gasteiger partial charge on any atom is -1.00 e. The number of hydrogen-bond donors (Lipinski definition) is 0. The van der Waals surface area contributed by atoms with Gasteiger partial charge in [-0.05, 0) is 16.7 Å². The topological polar surface area (TPSA) is 0 Å². The molecule has 3 aromatic carbocycles. The summed E-state index contributed by atoms with van der Waals surface area (Å²) in [6, 6.07) is 32.8. The Morgan fingerprint density at radius 1 is 0.688 bits per heavy atom. The van der Waals surface area contributed by atoms with Gasteiger partial charge in [0.05, 0.1) is 0 Å². The molecule has 0 fully saturated rings. The van der Waals surface area contributed by atoms with E-state index in [1.54, 1.807) is 0 Å². The van der Waals surface area contributed by atoms with Crippen molar-refractivity contribution >= 4 is 0 Å². The van der Waals surface area contributed by atoms with E-state index in [-0.39, 0.29) is 64.4 Å². The van der Waals surface area contributed by atoms with Crippen molar-refractivity contribution in [3.8, 4) is 0 Å². The Bertz CT molecular complexity index is 871. The zero-order valence-corrected chi connectivity index (χ0v) is 22.0. The van der Waals surface area contributed by atoms with E-state index >= 15 is 0 Å². The summed E-state index contributed by atoms with van der Waals surface area (Å²) in [5.41, 5.74) is 6.32. The summed E-state index contributed by atoms with van der Waals surface area (Å²) >= 11 is 0. The van der Waals surface area contributed by atoms with Gasteiger partial charge in [0.25, 0.3) is 0 Å². The van der Waals surface area contributed by atoms with Crippen LogP contribution in [0.4, 0.5) is 0 Å². The maximum atomic E-state index is 3.84. The predicted molar refractivity (Wildman–Crippen MR) is 118 cm³/mol. The Labute approximate surface area is 226 Å². The van der Waals surface area contributed by atoms with Crippen molar-refractivity contribution in [2.45, 2.75) is 38.0 Å². The van der Waals surface area contributed by atoms with Crippen LogP contribution < -0.4 is 37.2 Å². The van der Waals surface area contributed by atoms with Gasteiger partial charge in [0.15, 0.2) is 0 Å². The fourth-order valence-corrected chi connectivity index (χ4v) is 4.39. The Hall–Kier alpha value is -1.28. The average molecular weight is 518 g/mol. The van der Waals surface area contributed by atoms with Gasteiger partial charge in [-0.2, -0.15) is 5.57 Å². The molecule has 0 unspecified atom stereocenters. The van der Waals surface area contributed by atoms with Crippen molar-refractivity contribution in [3.05, 3.63) is 131 Å². The van der Waals surface area contributed by atoms with Crippen molar-refractivity contribution in [2.75, 3.05) is 0 Å². The molecular weight excluding hydrogens is 491 g/mol. The molecule has 0 heterocycles. The van der Waals surface area contributed by atoms with E-state index in [2.05, 4.69) is 110 Å². The summed E-state index contributed by atoms with van der Waals surface area (Å²) < 4.78 is 0. The van der Waals surface area contributed by atoms with E-state index in [1.165, 1.54) is 40.7 Å². The molecule has 0 atom stereocenters. The van der Waals surface area contributed by atoms with E-state index < -0.39 is 0 Å². The smallest absolute Gasteiger partial charge is 1.00 e. The third-order valence-electron chi connectivity index (χ3n) is 5.74. The van der Waals surface area contributed by atoms with Crippen LogP contribution >= 0.6 is 0 Å². The SMILES string of the molecule is CCCCC1=CCC(C(c2ccccc2)(c2ccccc2)c2ccccc2)=[C-]1.[Cl-].[Cl-].[Cl-].[Ti+4]. The molecule has 1 aliphatic carbocycles. The number of hydrogen-bond acceptors (Lipinski definition) is 0. The van der Waals surface area contributed by atoms with Crippen molar-refractivity contribution in [3.63, 3.8) is 0 Å². The zero-order valence-electron chi connectivity index (χ0n) is 18.2. The molecule has 0 saturated heterocycles. The normalized spacial score (nSPS) is 12.2. The molecule has 0 aliphatic heterocycles. The number of unbranched alkanes of at least 4 members (excludes halogenated alkanes) is 1. The second kappa shape index (κ2) is 14.8. The van der Waals surface area contributed by atoms with Crippen molar-refractivity contribution in [1.29, 1.82) is 0 Å². The predicted octanol–water partition coefficient (Wildman–Crippen LogP) is -1.72. The molecule has 0 radical (unpaired) electrons. The fraction of sp³-hybridized carbons (Fsp3) is 0.214. The first-order chi connectivity index (χ1) is 13.9. The van der Waals surface area contributed by atoms with Gasteiger partial charge >= 0.3 is 21.7 Å². The van der Waals surface area contributed by atoms with E-state index in [0.717, 1.165) is 12.8 Å². The zero-order chi connectivity index (χ0) is 19.2. The van der Waals surface area contributed by atoms with Crippen LogP contribution in [-0.4, -0.2) is 0 Å². The van der Waals surface area contributed by atoms with Crippen LogP contribution in [0.25, 0.3) is 0 Å². The maximum Gasteiger partial charge on any atom is 4.00 e. The van der Waals surface area contributed by atoms with E-state index in [1.807, 2.05) is 0 Å². The third kappa shape index (κ3) is 6.19. The number of halogens is 3. The van der Waals surface area contributed by atoms with Crippen LogP contribution in [0.5, 0.6) is 0 Å². The molecule has 0 nitrogen and oxygen atoms in total. The second-order valence-electron chi connectivity index (χ2n) is 7.49. The van der Waals surface area contributed by atoms with Crippen LogP contribution in [0, 0.1) is 6.08 Å². The molecule has 32 heavy (non-hydrogen) atoms. The summed E-state index contributed by atoms with van der Waals surface area (Å²) in [5.74, 6) is 0. The van der Waals surface area contributed by atoms with Gasteiger partial charge in [0.1, 0.15) is 0 Å².